The van der Waals surface area contributed by atoms with Crippen LogP contribution in [0.5, 0.6) is 0 Å². The highest BCUT2D eigenvalue weighted by Crippen LogP contribution is 2.44. The molecule has 26 heavy (non-hydrogen) atoms. The summed E-state index contributed by atoms with van der Waals surface area (Å²) in [5, 5.41) is 0. The van der Waals surface area contributed by atoms with Crippen molar-refractivity contribution in [2.45, 2.75) is 58.9 Å². The standard InChI is InChI=1S/C24H32N2/c1-16(2)19-13-20(14-19)23-10-6-9-22(25-23)18-7-5-8-21(15-18)26-12-11-24(26)17(3)4/h5-10,15-17,19-20,24H,11-14H2,1-4H3. The summed E-state index contributed by atoms with van der Waals surface area (Å²) in [6.07, 6.45) is 3.92. The number of rotatable bonds is 5. The van der Waals surface area contributed by atoms with Crippen LogP contribution in [0, 0.1) is 17.8 Å². The summed E-state index contributed by atoms with van der Waals surface area (Å²) in [6.45, 7) is 10.5. The lowest BCUT2D eigenvalue weighted by Gasteiger charge is -2.45. The predicted octanol–water partition coefficient (Wildman–Crippen LogP) is 6.13. The van der Waals surface area contributed by atoms with Gasteiger partial charge >= 0.3 is 0 Å². The second kappa shape index (κ2) is 7.06. The molecule has 2 aliphatic rings. The molecule has 0 radical (unpaired) electrons. The Morgan fingerprint density at radius 2 is 1.73 bits per heavy atom. The van der Waals surface area contributed by atoms with E-state index in [0.717, 1.165) is 17.5 Å². The van der Waals surface area contributed by atoms with E-state index in [2.05, 4.69) is 75.1 Å². The smallest absolute Gasteiger partial charge is 0.0706 e. The molecule has 2 nitrogen and oxygen atoms in total. The predicted molar refractivity (Wildman–Crippen MR) is 111 cm³/mol. The molecule has 0 bridgehead atoms. The summed E-state index contributed by atoms with van der Waals surface area (Å²) >= 11 is 0. The van der Waals surface area contributed by atoms with Crippen LogP contribution < -0.4 is 4.90 Å². The van der Waals surface area contributed by atoms with Gasteiger partial charge in [0.15, 0.2) is 0 Å². The zero-order valence-electron chi connectivity index (χ0n) is 16.7. The van der Waals surface area contributed by atoms with Gasteiger partial charge in [-0.05, 0) is 61.3 Å². The van der Waals surface area contributed by atoms with Crippen LogP contribution in [0.25, 0.3) is 11.3 Å². The van der Waals surface area contributed by atoms with Crippen molar-refractivity contribution < 1.29 is 0 Å². The number of nitrogens with zero attached hydrogens (tertiary/aromatic N) is 2. The van der Waals surface area contributed by atoms with E-state index < -0.39 is 0 Å². The van der Waals surface area contributed by atoms with Crippen molar-refractivity contribution in [2.75, 3.05) is 11.4 Å². The van der Waals surface area contributed by atoms with E-state index >= 15 is 0 Å². The average Bonchev–Trinajstić information content (AvgIpc) is 2.52. The normalized spacial score (nSPS) is 25.3. The van der Waals surface area contributed by atoms with Gasteiger partial charge in [-0.15, -0.1) is 0 Å². The van der Waals surface area contributed by atoms with Crippen LogP contribution in [0.3, 0.4) is 0 Å². The highest BCUT2D eigenvalue weighted by Gasteiger charge is 2.33. The Morgan fingerprint density at radius 3 is 2.38 bits per heavy atom. The molecule has 1 saturated carbocycles. The van der Waals surface area contributed by atoms with Gasteiger partial charge < -0.3 is 4.90 Å². The first kappa shape index (κ1) is 17.6. The van der Waals surface area contributed by atoms with E-state index in [9.17, 15) is 0 Å². The number of hydrogen-bond acceptors (Lipinski definition) is 2. The van der Waals surface area contributed by atoms with Crippen molar-refractivity contribution in [1.29, 1.82) is 0 Å². The van der Waals surface area contributed by atoms with Gasteiger partial charge in [0.25, 0.3) is 0 Å². The van der Waals surface area contributed by atoms with Gasteiger partial charge in [0.2, 0.25) is 0 Å². The SMILES string of the molecule is CC(C)C1CC(c2cccc(-c3cccc(N4CCC4C(C)C)c3)n2)C1. The van der Waals surface area contributed by atoms with Crippen LogP contribution >= 0.6 is 0 Å². The van der Waals surface area contributed by atoms with Crippen molar-refractivity contribution in [3.05, 3.63) is 48.2 Å². The molecule has 2 heterocycles. The first-order valence-corrected chi connectivity index (χ1v) is 10.4. The Morgan fingerprint density at radius 1 is 0.962 bits per heavy atom. The second-order valence-electron chi connectivity index (χ2n) is 8.96. The Labute approximate surface area is 158 Å². The zero-order chi connectivity index (χ0) is 18.3. The summed E-state index contributed by atoms with van der Waals surface area (Å²) < 4.78 is 0. The highest BCUT2D eigenvalue weighted by atomic mass is 15.2. The fourth-order valence-corrected chi connectivity index (χ4v) is 4.55. The molecule has 0 amide bonds. The second-order valence-corrected chi connectivity index (χ2v) is 8.96. The lowest BCUT2D eigenvalue weighted by molar-refractivity contribution is 0.194. The Bertz CT molecular complexity index is 758. The summed E-state index contributed by atoms with van der Waals surface area (Å²) in [5.74, 6) is 3.05. The van der Waals surface area contributed by atoms with Crippen molar-refractivity contribution in [3.8, 4) is 11.3 Å². The van der Waals surface area contributed by atoms with Gasteiger partial charge in [-0.25, -0.2) is 0 Å². The summed E-state index contributed by atoms with van der Waals surface area (Å²) in [5.41, 5.74) is 5.01. The molecule has 2 aromatic rings. The number of anilines is 1. The van der Waals surface area contributed by atoms with Crippen LogP contribution in [-0.2, 0) is 0 Å². The van der Waals surface area contributed by atoms with Gasteiger partial charge in [0.1, 0.15) is 0 Å². The lowest BCUT2D eigenvalue weighted by Crippen LogP contribution is -2.50. The molecule has 1 saturated heterocycles. The van der Waals surface area contributed by atoms with Crippen LogP contribution in [0.15, 0.2) is 42.5 Å². The fraction of sp³-hybridized carbons (Fsp3) is 0.542. The van der Waals surface area contributed by atoms with Gasteiger partial charge in [0.05, 0.1) is 5.69 Å². The van der Waals surface area contributed by atoms with Crippen molar-refractivity contribution in [3.63, 3.8) is 0 Å². The van der Waals surface area contributed by atoms with Crippen molar-refractivity contribution >= 4 is 5.69 Å². The maximum Gasteiger partial charge on any atom is 0.0706 e. The fourth-order valence-electron chi connectivity index (χ4n) is 4.55. The van der Waals surface area contributed by atoms with Gasteiger partial charge in [-0.3, -0.25) is 4.98 Å². The minimum atomic E-state index is 0.659. The number of pyridine rings is 1. The van der Waals surface area contributed by atoms with Crippen LogP contribution in [0.4, 0.5) is 5.69 Å². The van der Waals surface area contributed by atoms with Crippen molar-refractivity contribution in [1.82, 2.24) is 4.98 Å². The molecule has 1 aromatic carbocycles. The summed E-state index contributed by atoms with van der Waals surface area (Å²) in [6, 6.07) is 16.2. The average molecular weight is 349 g/mol. The Kier molecular flexibility index (Phi) is 4.77. The molecule has 0 N–H and O–H groups in total. The van der Waals surface area contributed by atoms with Crippen LogP contribution in [0.1, 0.15) is 58.6 Å². The van der Waals surface area contributed by atoms with Crippen LogP contribution in [-0.4, -0.2) is 17.6 Å². The molecule has 4 rings (SSSR count). The molecule has 1 aliphatic carbocycles. The van der Waals surface area contributed by atoms with E-state index in [0.29, 0.717) is 17.9 Å². The molecule has 1 aromatic heterocycles. The molecule has 2 fully saturated rings. The molecule has 138 valence electrons. The third-order valence-corrected chi connectivity index (χ3v) is 6.62. The first-order valence-electron chi connectivity index (χ1n) is 10.4. The van der Waals surface area contributed by atoms with E-state index in [-0.39, 0.29) is 0 Å². The minimum Gasteiger partial charge on any atom is -0.368 e. The van der Waals surface area contributed by atoms with Crippen molar-refractivity contribution in [2.24, 2.45) is 17.8 Å². The van der Waals surface area contributed by atoms with E-state index in [1.54, 1.807) is 0 Å². The molecular formula is C24H32N2. The maximum atomic E-state index is 5.04. The topological polar surface area (TPSA) is 16.1 Å². The maximum absolute atomic E-state index is 5.04. The summed E-state index contributed by atoms with van der Waals surface area (Å²) in [4.78, 5) is 7.59. The minimum absolute atomic E-state index is 0.659. The molecule has 1 atom stereocenters. The Balaban J connectivity index is 1.53. The Hall–Kier alpha value is -1.83. The first-order chi connectivity index (χ1) is 12.5. The van der Waals surface area contributed by atoms with Gasteiger partial charge in [-0.2, -0.15) is 0 Å². The monoisotopic (exact) mass is 348 g/mol. The third kappa shape index (κ3) is 3.26. The molecular weight excluding hydrogens is 316 g/mol. The van der Waals surface area contributed by atoms with Crippen LogP contribution in [0.2, 0.25) is 0 Å². The van der Waals surface area contributed by atoms with Gasteiger partial charge in [0, 0.05) is 35.4 Å². The highest BCUT2D eigenvalue weighted by molar-refractivity contribution is 5.66. The lowest BCUT2D eigenvalue weighted by atomic mass is 9.68. The van der Waals surface area contributed by atoms with E-state index in [1.165, 1.54) is 42.8 Å². The largest absolute Gasteiger partial charge is 0.368 e. The van der Waals surface area contributed by atoms with E-state index in [1.807, 2.05) is 0 Å². The number of hydrogen-bond donors (Lipinski definition) is 0. The molecule has 0 spiro atoms. The molecule has 1 aliphatic heterocycles. The van der Waals surface area contributed by atoms with E-state index in [4.69, 9.17) is 4.98 Å². The van der Waals surface area contributed by atoms with Gasteiger partial charge in [-0.1, -0.05) is 45.9 Å². The molecule has 1 unspecified atom stereocenters. The zero-order valence-corrected chi connectivity index (χ0v) is 16.7. The third-order valence-electron chi connectivity index (χ3n) is 6.62. The quantitative estimate of drug-likeness (QED) is 0.646. The summed E-state index contributed by atoms with van der Waals surface area (Å²) in [7, 11) is 0. The number of aromatic nitrogens is 1. The number of benzene rings is 1. The molecule has 2 heteroatoms.